The van der Waals surface area contributed by atoms with Crippen LogP contribution in [0.1, 0.15) is 42.9 Å². The Balaban J connectivity index is 0.00000562. The standard InChI is InChI=1S/C53H41N4O.Pt/c1-36-30-45(37-16-7-5-8-17-37)52(46(31-36)38-18-9-6-10-19-38)56-35-55(48-24-13-14-25-49(48)56)40-20-15-21-41(33-40)58-42-26-27-44-43-22-11-12-23-47(43)57(50(44)34-42)51-32-39(28-29-54-51)53(2,3)4;/h5-32,35H,1-4H3;/q-3;/i1D3,11D,12D,15D,22D,23D;. The summed E-state index contributed by atoms with van der Waals surface area (Å²) in [5, 5.41) is 0.890. The number of para-hydroxylation sites is 3. The van der Waals surface area contributed by atoms with Crippen LogP contribution < -0.4 is 14.5 Å². The molecule has 3 heterocycles. The zero-order valence-corrected chi connectivity index (χ0v) is 34.6. The van der Waals surface area contributed by atoms with Crippen LogP contribution in [0.2, 0.25) is 0 Å². The summed E-state index contributed by atoms with van der Waals surface area (Å²) < 4.78 is 77.6. The molecule has 0 saturated heterocycles. The topological polar surface area (TPSA) is 33.5 Å². The molecule has 0 N–H and O–H groups in total. The van der Waals surface area contributed by atoms with Crippen LogP contribution in [0.4, 0.5) is 22.7 Å². The SMILES string of the molecule is [2H]c1cc(Oc2[c-]c3c(cc2)c2c([2H])c([2H])c([2H])c([2H])c2n3-c2cc(C(C)(C)C)ccn2)[c-]c(N2[CH-]N(c3c(-c4ccccc4)cc(C([2H])([2H])[2H])cc3-c3ccccc3)c3ccccc32)c1.[Pt]. The van der Waals surface area contributed by atoms with E-state index in [0.717, 1.165) is 44.9 Å². The maximum absolute atomic E-state index is 9.01. The van der Waals surface area contributed by atoms with Crippen molar-refractivity contribution in [3.8, 4) is 39.6 Å². The molecule has 7 aromatic carbocycles. The number of ether oxygens (including phenoxy) is 1. The van der Waals surface area contributed by atoms with Gasteiger partial charge in [-0.15, -0.1) is 48.1 Å². The van der Waals surface area contributed by atoms with Crippen LogP contribution in [-0.2, 0) is 26.5 Å². The van der Waals surface area contributed by atoms with Crippen LogP contribution in [0.15, 0.2) is 170 Å². The van der Waals surface area contributed by atoms with Crippen molar-refractivity contribution >= 4 is 44.6 Å². The quantitative estimate of drug-likeness (QED) is 0.149. The molecule has 0 atom stereocenters. The zero-order valence-electron chi connectivity index (χ0n) is 40.4. The summed E-state index contributed by atoms with van der Waals surface area (Å²) in [6, 6.07) is 47.3. The number of nitrogens with zero attached hydrogens (tertiary/aromatic N) is 4. The monoisotopic (exact) mass is 952 g/mol. The Bertz CT molecular complexity index is 3310. The van der Waals surface area contributed by atoms with Crippen molar-refractivity contribution < 1.29 is 36.8 Å². The summed E-state index contributed by atoms with van der Waals surface area (Å²) in [5.41, 5.74) is 7.76. The third-order valence-electron chi connectivity index (χ3n) is 10.4. The molecule has 0 fully saturated rings. The minimum absolute atomic E-state index is 0. The van der Waals surface area contributed by atoms with E-state index < -0.39 is 6.85 Å². The van der Waals surface area contributed by atoms with Gasteiger partial charge in [-0.05, 0) is 82.3 Å². The van der Waals surface area contributed by atoms with Crippen molar-refractivity contribution in [2.24, 2.45) is 0 Å². The molecule has 1 aliphatic heterocycles. The van der Waals surface area contributed by atoms with Crippen LogP contribution in [-0.4, -0.2) is 9.55 Å². The van der Waals surface area contributed by atoms with Gasteiger partial charge in [0.25, 0.3) is 0 Å². The minimum Gasteiger partial charge on any atom is -0.509 e. The zero-order chi connectivity index (χ0) is 46.2. The van der Waals surface area contributed by atoms with E-state index in [2.05, 4.69) is 42.8 Å². The van der Waals surface area contributed by atoms with Gasteiger partial charge in [-0.1, -0.05) is 117 Å². The van der Waals surface area contributed by atoms with Crippen molar-refractivity contribution in [1.29, 1.82) is 0 Å². The van der Waals surface area contributed by atoms with Gasteiger partial charge in [-0.2, -0.15) is 12.1 Å². The molecular weight excluding hydrogens is 904 g/mol. The summed E-state index contributed by atoms with van der Waals surface area (Å²) in [6.07, 6.45) is 1.70. The second kappa shape index (κ2) is 15.4. The predicted octanol–water partition coefficient (Wildman–Crippen LogP) is 13.9. The molecule has 59 heavy (non-hydrogen) atoms. The summed E-state index contributed by atoms with van der Waals surface area (Å²) in [7, 11) is 0. The molecule has 0 spiro atoms. The number of hydrogen-bond acceptors (Lipinski definition) is 4. The van der Waals surface area contributed by atoms with Gasteiger partial charge in [-0.25, -0.2) is 4.98 Å². The summed E-state index contributed by atoms with van der Waals surface area (Å²) >= 11 is 0. The second-order valence-corrected chi connectivity index (χ2v) is 15.2. The largest absolute Gasteiger partial charge is 0.509 e. The van der Waals surface area contributed by atoms with Crippen molar-refractivity contribution in [3.63, 3.8) is 0 Å². The van der Waals surface area contributed by atoms with E-state index in [4.69, 9.17) is 15.7 Å². The fourth-order valence-corrected chi connectivity index (χ4v) is 7.67. The Kier molecular flexibility index (Phi) is 7.76. The molecule has 9 aromatic rings. The number of pyridine rings is 1. The molecule has 0 unspecified atom stereocenters. The number of benzene rings is 7. The minimum atomic E-state index is -2.37. The number of rotatable bonds is 7. The number of aryl methyl sites for hydroxylation is 1. The van der Waals surface area contributed by atoms with Gasteiger partial charge in [0, 0.05) is 77.9 Å². The van der Waals surface area contributed by atoms with Crippen molar-refractivity contribution in [2.75, 3.05) is 9.80 Å². The van der Waals surface area contributed by atoms with Gasteiger partial charge < -0.3 is 19.1 Å². The third kappa shape index (κ3) is 7.00. The Morgan fingerprint density at radius 1 is 0.678 bits per heavy atom. The Morgan fingerprint density at radius 2 is 1.34 bits per heavy atom. The second-order valence-electron chi connectivity index (χ2n) is 15.2. The third-order valence-corrected chi connectivity index (χ3v) is 10.4. The Morgan fingerprint density at radius 3 is 2.03 bits per heavy atom. The first-order valence-corrected chi connectivity index (χ1v) is 19.0. The van der Waals surface area contributed by atoms with E-state index in [1.165, 1.54) is 0 Å². The van der Waals surface area contributed by atoms with Crippen molar-refractivity contribution in [1.82, 2.24) is 9.55 Å². The first-order valence-electron chi connectivity index (χ1n) is 23.0. The van der Waals surface area contributed by atoms with E-state index in [9.17, 15) is 0 Å². The Labute approximate surface area is 371 Å². The molecule has 292 valence electrons. The van der Waals surface area contributed by atoms with E-state index in [1.807, 2.05) is 109 Å². The average Bonchev–Trinajstić information content (AvgIpc) is 3.86. The van der Waals surface area contributed by atoms with E-state index in [-0.39, 0.29) is 79.3 Å². The number of fused-ring (bicyclic) bond motifs is 4. The molecule has 6 heteroatoms. The molecule has 2 aromatic heterocycles. The van der Waals surface area contributed by atoms with Gasteiger partial charge >= 0.3 is 0 Å². The van der Waals surface area contributed by atoms with Crippen LogP contribution in [0, 0.1) is 25.7 Å². The number of anilines is 4. The number of hydrogen-bond donors (Lipinski definition) is 0. The number of aromatic nitrogens is 2. The first-order chi connectivity index (χ1) is 31.6. The Hall–Kier alpha value is -6.42. The normalized spacial score (nSPS) is 14.6. The van der Waals surface area contributed by atoms with E-state index >= 15 is 0 Å². The van der Waals surface area contributed by atoms with Crippen molar-refractivity contribution in [2.45, 2.75) is 33.0 Å². The van der Waals surface area contributed by atoms with Crippen molar-refractivity contribution in [3.05, 3.63) is 200 Å². The maximum atomic E-state index is 9.01. The van der Waals surface area contributed by atoms with Crippen LogP contribution in [0.5, 0.6) is 11.5 Å². The fraction of sp³-hybridized carbons (Fsp3) is 0.0943. The first kappa shape index (κ1) is 29.7. The maximum Gasteiger partial charge on any atom is 0.135 e. The molecular formula is C53H41N4OPt-3. The smallest absolute Gasteiger partial charge is 0.135 e. The van der Waals surface area contributed by atoms with Gasteiger partial charge in [0.05, 0.1) is 5.48 Å². The van der Waals surface area contributed by atoms with Crippen LogP contribution >= 0.6 is 0 Å². The molecule has 5 nitrogen and oxygen atoms in total. The molecule has 0 saturated carbocycles. The van der Waals surface area contributed by atoms with Crippen LogP contribution in [0.3, 0.4) is 0 Å². The summed E-state index contributed by atoms with van der Waals surface area (Å²) in [4.78, 5) is 8.68. The van der Waals surface area contributed by atoms with Gasteiger partial charge in [-0.3, -0.25) is 0 Å². The van der Waals surface area contributed by atoms with Crippen LogP contribution in [0.25, 0.3) is 49.9 Å². The fourth-order valence-electron chi connectivity index (χ4n) is 7.67. The molecule has 0 bridgehead atoms. The molecule has 10 rings (SSSR count). The molecule has 0 aliphatic carbocycles. The molecule has 0 amide bonds. The van der Waals surface area contributed by atoms with Gasteiger partial charge in [0.15, 0.2) is 0 Å². The molecule has 0 radical (unpaired) electrons. The van der Waals surface area contributed by atoms with E-state index in [0.29, 0.717) is 27.8 Å². The predicted molar refractivity (Wildman–Crippen MR) is 239 cm³/mol. The van der Waals surface area contributed by atoms with Gasteiger partial charge in [0.1, 0.15) is 5.82 Å². The summed E-state index contributed by atoms with van der Waals surface area (Å²) in [5.74, 6) is 0.965. The average molecular weight is 953 g/mol. The summed E-state index contributed by atoms with van der Waals surface area (Å²) in [6.45, 7) is 5.83. The molecule has 1 aliphatic rings. The van der Waals surface area contributed by atoms with E-state index in [1.54, 1.807) is 47.2 Å². The van der Waals surface area contributed by atoms with Gasteiger partial charge in [0.2, 0.25) is 0 Å².